The average Bonchev–Trinajstić information content (AvgIpc) is 2.62. The van der Waals surface area contributed by atoms with Gasteiger partial charge in [-0.2, -0.15) is 5.10 Å². The normalized spacial score (nSPS) is 11.9. The van der Waals surface area contributed by atoms with Gasteiger partial charge in [0.15, 0.2) is 6.10 Å². The molecule has 0 fully saturated rings. The first-order valence-corrected chi connectivity index (χ1v) is 7.03. The van der Waals surface area contributed by atoms with Crippen molar-refractivity contribution in [2.45, 2.75) is 6.10 Å². The number of ether oxygens (including phenoxy) is 1. The van der Waals surface area contributed by atoms with Gasteiger partial charge in [-0.3, -0.25) is 14.9 Å². The number of nitro groups is 1. The smallest absolute Gasteiger partial charge is 0.273 e. The molecular formula is C16H14N3O6-. The lowest BCUT2D eigenvalue weighted by atomic mass is 10.1. The molecule has 2 rings (SSSR count). The number of nitrogens with zero attached hydrogens (tertiary/aromatic N) is 2. The van der Waals surface area contributed by atoms with E-state index < -0.39 is 28.4 Å². The molecule has 0 aliphatic heterocycles. The van der Waals surface area contributed by atoms with Crippen LogP contribution in [0.25, 0.3) is 0 Å². The number of benzene rings is 2. The van der Waals surface area contributed by atoms with Gasteiger partial charge >= 0.3 is 0 Å². The van der Waals surface area contributed by atoms with E-state index in [-0.39, 0.29) is 11.3 Å². The quantitative estimate of drug-likeness (QED) is 0.453. The first kappa shape index (κ1) is 17.9. The van der Waals surface area contributed by atoms with Crippen LogP contribution in [0.2, 0.25) is 0 Å². The lowest BCUT2D eigenvalue weighted by molar-refractivity contribution is -0.398. The molecule has 9 nitrogen and oxygen atoms in total. The van der Waals surface area contributed by atoms with Gasteiger partial charge in [0.25, 0.3) is 11.6 Å². The summed E-state index contributed by atoms with van der Waals surface area (Å²) in [5, 5.41) is 36.1. The highest BCUT2D eigenvalue weighted by Gasteiger charge is 2.16. The largest absolute Gasteiger partial charge is 0.865 e. The van der Waals surface area contributed by atoms with Gasteiger partial charge in [0.2, 0.25) is 0 Å². The van der Waals surface area contributed by atoms with E-state index in [4.69, 9.17) is 4.74 Å². The Morgan fingerprint density at radius 2 is 2.04 bits per heavy atom. The Hall–Kier alpha value is -3.46. The molecule has 0 spiro atoms. The molecule has 25 heavy (non-hydrogen) atoms. The summed E-state index contributed by atoms with van der Waals surface area (Å²) in [5.41, 5.74) is 2.02. The van der Waals surface area contributed by atoms with Crippen LogP contribution >= 0.6 is 0 Å². The summed E-state index contributed by atoms with van der Waals surface area (Å²) in [4.78, 5) is 21.9. The predicted octanol–water partition coefficient (Wildman–Crippen LogP) is 0.861. The number of hydrogen-bond donors (Lipinski definition) is 2. The third kappa shape index (κ3) is 4.30. The van der Waals surface area contributed by atoms with Gasteiger partial charge in [0, 0.05) is 17.4 Å². The zero-order valence-corrected chi connectivity index (χ0v) is 13.1. The molecule has 0 saturated heterocycles. The highest BCUT2D eigenvalue weighted by molar-refractivity contribution is 5.86. The van der Waals surface area contributed by atoms with Crippen LogP contribution in [0.15, 0.2) is 47.6 Å². The molecule has 0 bridgehead atoms. The minimum Gasteiger partial charge on any atom is -0.865 e. The Kier molecular flexibility index (Phi) is 5.64. The zero-order chi connectivity index (χ0) is 18.4. The molecule has 0 aromatic heterocycles. The number of amides is 1. The molecule has 0 heterocycles. The van der Waals surface area contributed by atoms with E-state index in [2.05, 4.69) is 10.5 Å². The molecule has 0 radical (unpaired) electrons. The van der Waals surface area contributed by atoms with E-state index in [0.29, 0.717) is 5.56 Å². The predicted molar refractivity (Wildman–Crippen MR) is 86.2 cm³/mol. The van der Waals surface area contributed by atoms with Gasteiger partial charge < -0.3 is 14.9 Å². The van der Waals surface area contributed by atoms with Crippen LogP contribution in [0.3, 0.4) is 0 Å². The third-order valence-electron chi connectivity index (χ3n) is 3.23. The number of rotatable bonds is 6. The summed E-state index contributed by atoms with van der Waals surface area (Å²) in [6.45, 7) is 0. The van der Waals surface area contributed by atoms with Crippen molar-refractivity contribution in [3.63, 3.8) is 0 Å². The summed E-state index contributed by atoms with van der Waals surface area (Å²) >= 11 is 0. The van der Waals surface area contributed by atoms with Crippen LogP contribution in [0, 0.1) is 10.1 Å². The summed E-state index contributed by atoms with van der Waals surface area (Å²) in [7, 11) is 1.21. The molecule has 2 aromatic rings. The number of carbonyl (C=O) groups excluding carboxylic acids is 1. The minimum atomic E-state index is -1.41. The maximum Gasteiger partial charge on any atom is 0.273 e. The number of hydrazone groups is 1. The second-order valence-corrected chi connectivity index (χ2v) is 4.88. The molecule has 0 saturated carbocycles. The van der Waals surface area contributed by atoms with Crippen LogP contribution in [0.1, 0.15) is 17.2 Å². The maximum absolute atomic E-state index is 11.8. The Bertz CT molecular complexity index is 807. The van der Waals surface area contributed by atoms with Crippen LogP contribution < -0.4 is 15.3 Å². The highest BCUT2D eigenvalue weighted by atomic mass is 16.6. The summed E-state index contributed by atoms with van der Waals surface area (Å²) in [6.07, 6.45) is -0.309. The first-order chi connectivity index (χ1) is 11.9. The molecule has 2 N–H and O–H groups in total. The molecule has 9 heteroatoms. The highest BCUT2D eigenvalue weighted by Crippen LogP contribution is 2.33. The maximum atomic E-state index is 11.8. The van der Waals surface area contributed by atoms with Crippen molar-refractivity contribution in [2.24, 2.45) is 5.10 Å². The van der Waals surface area contributed by atoms with Gasteiger partial charge in [-0.15, -0.1) is 0 Å². The van der Waals surface area contributed by atoms with Crippen molar-refractivity contribution in [3.05, 3.63) is 63.7 Å². The monoisotopic (exact) mass is 344 g/mol. The number of hydrogen-bond acceptors (Lipinski definition) is 7. The topological polar surface area (TPSA) is 137 Å². The fraction of sp³-hybridized carbons (Fsp3) is 0.125. The molecule has 2 aromatic carbocycles. The van der Waals surface area contributed by atoms with Gasteiger partial charge in [-0.1, -0.05) is 30.3 Å². The number of nitro benzene ring substituents is 1. The van der Waals surface area contributed by atoms with E-state index in [1.54, 1.807) is 30.3 Å². The van der Waals surface area contributed by atoms with Crippen molar-refractivity contribution in [2.75, 3.05) is 7.11 Å². The number of aliphatic hydroxyl groups excluding tert-OH is 1. The molecule has 1 amide bonds. The fourth-order valence-corrected chi connectivity index (χ4v) is 1.99. The van der Waals surface area contributed by atoms with E-state index in [1.807, 2.05) is 0 Å². The minimum absolute atomic E-state index is 0.178. The lowest BCUT2D eigenvalue weighted by Crippen LogP contribution is -2.25. The van der Waals surface area contributed by atoms with Crippen LogP contribution in [0.5, 0.6) is 11.5 Å². The number of carbonyl (C=O) groups is 1. The van der Waals surface area contributed by atoms with Crippen LogP contribution in [0.4, 0.5) is 5.69 Å². The van der Waals surface area contributed by atoms with Gasteiger partial charge in [-0.05, 0) is 11.6 Å². The van der Waals surface area contributed by atoms with E-state index in [1.165, 1.54) is 13.2 Å². The van der Waals surface area contributed by atoms with E-state index in [0.717, 1.165) is 12.3 Å². The molecular weight excluding hydrogens is 330 g/mol. The Morgan fingerprint density at radius 3 is 2.64 bits per heavy atom. The Morgan fingerprint density at radius 1 is 1.36 bits per heavy atom. The van der Waals surface area contributed by atoms with Crippen molar-refractivity contribution >= 4 is 17.8 Å². The number of aliphatic hydroxyl groups is 1. The van der Waals surface area contributed by atoms with Gasteiger partial charge in [0.1, 0.15) is 5.75 Å². The average molecular weight is 344 g/mol. The first-order valence-electron chi connectivity index (χ1n) is 7.03. The van der Waals surface area contributed by atoms with Crippen molar-refractivity contribution in [1.29, 1.82) is 0 Å². The molecule has 130 valence electrons. The SMILES string of the molecule is COc1cc(/C=N\NC(=O)[C@@H](O)c2ccccc2)cc([N+](=O)[O-])c1[O-]. The van der Waals surface area contributed by atoms with Crippen molar-refractivity contribution in [1.82, 2.24) is 5.43 Å². The van der Waals surface area contributed by atoms with E-state index >= 15 is 0 Å². The number of methoxy groups -OCH3 is 1. The molecule has 0 unspecified atom stereocenters. The fourth-order valence-electron chi connectivity index (χ4n) is 1.99. The van der Waals surface area contributed by atoms with Crippen LogP contribution in [-0.2, 0) is 4.79 Å². The van der Waals surface area contributed by atoms with Crippen molar-refractivity contribution in [3.8, 4) is 11.5 Å². The van der Waals surface area contributed by atoms with Crippen LogP contribution in [-0.4, -0.2) is 29.3 Å². The second-order valence-electron chi connectivity index (χ2n) is 4.88. The Labute approximate surface area is 142 Å². The summed E-state index contributed by atoms with van der Waals surface area (Å²) < 4.78 is 4.79. The summed E-state index contributed by atoms with van der Waals surface area (Å²) in [6, 6.07) is 10.5. The van der Waals surface area contributed by atoms with Gasteiger partial charge in [0.05, 0.1) is 18.2 Å². The molecule has 1 atom stereocenters. The standard InChI is InChI=1S/C16H15N3O6/c1-25-13-8-10(7-12(15(13)21)19(23)24)9-17-18-16(22)14(20)11-5-3-2-4-6-11/h2-9,14,20-21H,1H3,(H,18,22)/p-1/b17-9-/t14-/m0/s1. The second kappa shape index (κ2) is 7.88. The van der Waals surface area contributed by atoms with Crippen molar-refractivity contribution < 1.29 is 24.7 Å². The summed E-state index contributed by atoms with van der Waals surface area (Å²) in [5.74, 6) is -1.84. The zero-order valence-electron chi connectivity index (χ0n) is 13.1. The van der Waals surface area contributed by atoms with E-state index in [9.17, 15) is 25.1 Å². The number of nitrogens with one attached hydrogen (secondary N) is 1. The molecule has 0 aliphatic carbocycles. The Balaban J connectivity index is 2.13. The van der Waals surface area contributed by atoms with Gasteiger partial charge in [-0.25, -0.2) is 5.43 Å². The third-order valence-corrected chi connectivity index (χ3v) is 3.23. The lowest BCUT2D eigenvalue weighted by Gasteiger charge is -2.13. The molecule has 0 aliphatic rings.